The second kappa shape index (κ2) is 11.3. The Morgan fingerprint density at radius 1 is 1.05 bits per heavy atom. The van der Waals surface area contributed by atoms with Crippen molar-refractivity contribution in [2.24, 2.45) is 0 Å². The number of aliphatic hydroxyl groups excluding tert-OH is 1. The Kier molecular flexibility index (Phi) is 7.87. The van der Waals surface area contributed by atoms with E-state index >= 15 is 0 Å². The molecule has 4 aromatic rings. The number of halogens is 1. The van der Waals surface area contributed by atoms with Gasteiger partial charge in [-0.1, -0.05) is 35.4 Å². The number of hydrogen-bond acceptors (Lipinski definition) is 8. The van der Waals surface area contributed by atoms with E-state index in [1.807, 2.05) is 13.0 Å². The number of sulfonamides is 1. The normalized spacial score (nSPS) is 12.7. The van der Waals surface area contributed by atoms with Crippen LogP contribution in [0.25, 0.3) is 0 Å². The molecule has 1 N–H and O–H groups in total. The number of aromatic nitrogens is 1. The van der Waals surface area contributed by atoms with Gasteiger partial charge in [-0.15, -0.1) is 11.3 Å². The van der Waals surface area contributed by atoms with E-state index in [-0.39, 0.29) is 38.0 Å². The number of nitrogens with zero attached hydrogens (tertiary/aromatic N) is 2. The zero-order chi connectivity index (χ0) is 26.7. The SMILES string of the molecule is Cc1ccc(S(=O)(=O)N(Cc2ccc3c(c2)OCO3)Cc2cc(Cl)ccc2OCc2nc(CO)cs2)cc1. The first-order valence-corrected chi connectivity index (χ1v) is 14.4. The van der Waals surface area contributed by atoms with Gasteiger partial charge in [0.05, 0.1) is 17.2 Å². The van der Waals surface area contributed by atoms with Gasteiger partial charge >= 0.3 is 0 Å². The fraction of sp³-hybridized carbons (Fsp3) is 0.222. The molecule has 0 saturated heterocycles. The topological polar surface area (TPSA) is 98.2 Å². The Morgan fingerprint density at radius 3 is 2.61 bits per heavy atom. The van der Waals surface area contributed by atoms with Crippen molar-refractivity contribution in [1.82, 2.24) is 9.29 Å². The van der Waals surface area contributed by atoms with Crippen LogP contribution in [0.1, 0.15) is 27.4 Å². The van der Waals surface area contributed by atoms with Crippen LogP contribution in [0.5, 0.6) is 17.2 Å². The van der Waals surface area contributed by atoms with Crippen molar-refractivity contribution in [2.45, 2.75) is 38.1 Å². The van der Waals surface area contributed by atoms with Gasteiger partial charge in [0.15, 0.2) is 11.5 Å². The lowest BCUT2D eigenvalue weighted by Gasteiger charge is -2.24. The van der Waals surface area contributed by atoms with Crippen molar-refractivity contribution in [2.75, 3.05) is 6.79 Å². The zero-order valence-electron chi connectivity index (χ0n) is 20.5. The molecule has 0 atom stereocenters. The molecule has 0 aliphatic carbocycles. The molecule has 0 radical (unpaired) electrons. The van der Waals surface area contributed by atoms with Crippen LogP contribution in [0, 0.1) is 6.92 Å². The molecule has 1 aliphatic rings. The average Bonchev–Trinajstić information content (AvgIpc) is 3.57. The van der Waals surface area contributed by atoms with E-state index in [0.717, 1.165) is 11.1 Å². The van der Waals surface area contributed by atoms with Crippen molar-refractivity contribution in [3.8, 4) is 17.2 Å². The molecule has 1 aliphatic heterocycles. The molecule has 11 heteroatoms. The molecule has 0 saturated carbocycles. The third kappa shape index (κ3) is 5.95. The molecule has 5 rings (SSSR count). The largest absolute Gasteiger partial charge is 0.486 e. The van der Waals surface area contributed by atoms with Crippen LogP contribution in [0.3, 0.4) is 0 Å². The number of benzene rings is 3. The predicted octanol–water partition coefficient (Wildman–Crippen LogP) is 5.30. The highest BCUT2D eigenvalue weighted by Gasteiger charge is 2.27. The summed E-state index contributed by atoms with van der Waals surface area (Å²) in [5.41, 5.74) is 2.88. The van der Waals surface area contributed by atoms with Gasteiger partial charge in [-0.05, 0) is 55.0 Å². The first kappa shape index (κ1) is 26.5. The van der Waals surface area contributed by atoms with Crippen molar-refractivity contribution in [3.05, 3.63) is 98.5 Å². The quantitative estimate of drug-likeness (QED) is 0.275. The van der Waals surface area contributed by atoms with Crippen molar-refractivity contribution < 1.29 is 27.7 Å². The van der Waals surface area contributed by atoms with Crippen LogP contribution in [0.15, 0.2) is 70.9 Å². The summed E-state index contributed by atoms with van der Waals surface area (Å²) in [6.45, 7) is 2.17. The Labute approximate surface area is 230 Å². The number of ether oxygens (including phenoxy) is 3. The lowest BCUT2D eigenvalue weighted by atomic mass is 10.1. The third-order valence-corrected chi connectivity index (χ3v) is 8.85. The number of aliphatic hydroxyl groups is 1. The third-order valence-electron chi connectivity index (χ3n) is 5.94. The fourth-order valence-electron chi connectivity index (χ4n) is 3.96. The van der Waals surface area contributed by atoms with E-state index in [2.05, 4.69) is 4.98 Å². The van der Waals surface area contributed by atoms with Gasteiger partial charge in [-0.25, -0.2) is 13.4 Å². The maximum Gasteiger partial charge on any atom is 0.243 e. The van der Waals surface area contributed by atoms with E-state index in [1.54, 1.807) is 60.0 Å². The van der Waals surface area contributed by atoms with Crippen LogP contribution < -0.4 is 14.2 Å². The number of aryl methyl sites for hydroxylation is 1. The lowest BCUT2D eigenvalue weighted by molar-refractivity contribution is 0.174. The second-order valence-corrected chi connectivity index (χ2v) is 12.0. The highest BCUT2D eigenvalue weighted by atomic mass is 35.5. The molecule has 0 unspecified atom stereocenters. The Morgan fingerprint density at radius 2 is 1.84 bits per heavy atom. The monoisotopic (exact) mass is 572 g/mol. The summed E-state index contributed by atoms with van der Waals surface area (Å²) in [5.74, 6) is 1.69. The lowest BCUT2D eigenvalue weighted by Crippen LogP contribution is -2.30. The summed E-state index contributed by atoms with van der Waals surface area (Å²) in [6.07, 6.45) is 0. The molecule has 0 spiro atoms. The summed E-state index contributed by atoms with van der Waals surface area (Å²) in [4.78, 5) is 4.50. The second-order valence-electron chi connectivity index (χ2n) is 8.71. The van der Waals surface area contributed by atoms with Crippen molar-refractivity contribution in [1.29, 1.82) is 0 Å². The fourth-order valence-corrected chi connectivity index (χ4v) is 6.25. The number of hydrogen-bond donors (Lipinski definition) is 1. The number of rotatable bonds is 10. The highest BCUT2D eigenvalue weighted by Crippen LogP contribution is 2.34. The molecule has 8 nitrogen and oxygen atoms in total. The Balaban J connectivity index is 1.46. The summed E-state index contributed by atoms with van der Waals surface area (Å²) in [5, 5.41) is 12.2. The maximum absolute atomic E-state index is 13.9. The summed E-state index contributed by atoms with van der Waals surface area (Å²) >= 11 is 7.70. The zero-order valence-corrected chi connectivity index (χ0v) is 22.9. The van der Waals surface area contributed by atoms with Gasteiger partial charge in [-0.2, -0.15) is 4.31 Å². The van der Waals surface area contributed by atoms with E-state index in [0.29, 0.717) is 38.5 Å². The van der Waals surface area contributed by atoms with E-state index in [9.17, 15) is 13.5 Å². The Bertz CT molecular complexity index is 1540. The predicted molar refractivity (Wildman–Crippen MR) is 144 cm³/mol. The average molecular weight is 573 g/mol. The minimum Gasteiger partial charge on any atom is -0.486 e. The molecule has 38 heavy (non-hydrogen) atoms. The van der Waals surface area contributed by atoms with Crippen LogP contribution in [-0.4, -0.2) is 29.6 Å². The van der Waals surface area contributed by atoms with E-state index in [1.165, 1.54) is 15.6 Å². The summed E-state index contributed by atoms with van der Waals surface area (Å²) < 4.78 is 46.0. The van der Waals surface area contributed by atoms with Gasteiger partial charge in [0.2, 0.25) is 16.8 Å². The first-order chi connectivity index (χ1) is 18.3. The summed E-state index contributed by atoms with van der Waals surface area (Å²) in [6, 6.07) is 17.3. The molecule has 0 bridgehead atoms. The number of fused-ring (bicyclic) bond motifs is 1. The molecule has 0 fully saturated rings. The molecule has 1 aromatic heterocycles. The number of thiazole rings is 1. The van der Waals surface area contributed by atoms with E-state index < -0.39 is 10.0 Å². The molecule has 3 aromatic carbocycles. The molecule has 198 valence electrons. The molecular weight excluding hydrogens is 548 g/mol. The molecule has 0 amide bonds. The van der Waals surface area contributed by atoms with Crippen LogP contribution in [0.2, 0.25) is 5.02 Å². The van der Waals surface area contributed by atoms with Crippen molar-refractivity contribution >= 4 is 33.0 Å². The maximum atomic E-state index is 13.9. The highest BCUT2D eigenvalue weighted by molar-refractivity contribution is 7.89. The minimum atomic E-state index is -3.90. The van der Waals surface area contributed by atoms with Crippen LogP contribution >= 0.6 is 22.9 Å². The smallest absolute Gasteiger partial charge is 0.243 e. The van der Waals surface area contributed by atoms with Gasteiger partial charge in [0.1, 0.15) is 17.4 Å². The minimum absolute atomic E-state index is 0.0142. The Hall–Kier alpha value is -3.15. The van der Waals surface area contributed by atoms with Gasteiger partial charge in [0, 0.05) is 29.1 Å². The standard InChI is InChI=1S/C27H25ClN2O6S2/c1-18-2-6-23(7-3-18)38(32,33)30(12-19-4-8-25-26(10-19)36-17-35-25)13-20-11-21(28)5-9-24(20)34-15-27-29-22(14-31)16-37-27/h2-11,16,31H,12-15,17H2,1H3. The first-order valence-electron chi connectivity index (χ1n) is 11.7. The van der Waals surface area contributed by atoms with Gasteiger partial charge < -0.3 is 19.3 Å². The van der Waals surface area contributed by atoms with Crippen LogP contribution in [-0.2, 0) is 36.3 Å². The molecular formula is C27H25ClN2O6S2. The van der Waals surface area contributed by atoms with Gasteiger partial charge in [0.25, 0.3) is 0 Å². The van der Waals surface area contributed by atoms with Crippen LogP contribution in [0.4, 0.5) is 0 Å². The van der Waals surface area contributed by atoms with E-state index in [4.69, 9.17) is 25.8 Å². The van der Waals surface area contributed by atoms with Gasteiger partial charge in [-0.3, -0.25) is 0 Å². The molecule has 2 heterocycles. The summed E-state index contributed by atoms with van der Waals surface area (Å²) in [7, 11) is -3.90. The van der Waals surface area contributed by atoms with Crippen molar-refractivity contribution in [3.63, 3.8) is 0 Å².